The Morgan fingerprint density at radius 2 is 1.74 bits per heavy atom. The fourth-order valence-corrected chi connectivity index (χ4v) is 1.35. The number of aldehydes is 1. The van der Waals surface area contributed by atoms with Gasteiger partial charge in [-0.1, -0.05) is 44.2 Å². The number of benzene rings is 1. The van der Waals surface area contributed by atoms with Crippen molar-refractivity contribution in [2.24, 2.45) is 11.5 Å². The lowest BCUT2D eigenvalue weighted by Gasteiger charge is -2.08. The monoisotopic (exact) mass is 326 g/mol. The summed E-state index contributed by atoms with van der Waals surface area (Å²) in [4.78, 5) is 30.4. The summed E-state index contributed by atoms with van der Waals surface area (Å²) in [6.45, 7) is 4.00. The van der Waals surface area contributed by atoms with Gasteiger partial charge in [0.2, 0.25) is 0 Å². The second-order valence-corrected chi connectivity index (χ2v) is 4.22. The van der Waals surface area contributed by atoms with Crippen molar-refractivity contribution >= 4 is 18.2 Å². The molecule has 0 spiro atoms. The summed E-state index contributed by atoms with van der Waals surface area (Å²) < 4.78 is 4.52. The fraction of sp³-hybridized carbons (Fsp3) is 0.438. The zero-order valence-electron chi connectivity index (χ0n) is 13.8. The average Bonchev–Trinajstić information content (AvgIpc) is 2.56. The predicted octanol–water partition coefficient (Wildman–Crippen LogP) is 0.743. The number of carboxylic acid groups (broad SMARTS) is 1. The first-order valence-electron chi connectivity index (χ1n) is 7.20. The molecule has 0 aliphatic carbocycles. The van der Waals surface area contributed by atoms with E-state index in [9.17, 15) is 14.4 Å². The van der Waals surface area contributed by atoms with Crippen LogP contribution < -0.4 is 11.5 Å². The number of carbonyl (C=O) groups is 3. The summed E-state index contributed by atoms with van der Waals surface area (Å²) >= 11 is 0. The molecule has 7 heteroatoms. The summed E-state index contributed by atoms with van der Waals surface area (Å²) in [6.07, 6.45) is 0.644. The Bertz CT molecular complexity index is 451. The number of methoxy groups -OCH3 is 1. The summed E-state index contributed by atoms with van der Waals surface area (Å²) in [7, 11) is 1.34. The van der Waals surface area contributed by atoms with Crippen molar-refractivity contribution in [3.63, 3.8) is 0 Å². The Morgan fingerprint density at radius 1 is 1.22 bits per heavy atom. The molecule has 1 rings (SSSR count). The van der Waals surface area contributed by atoms with Gasteiger partial charge in [-0.05, 0) is 12.0 Å². The first kappa shape index (κ1) is 23.0. The fourth-order valence-electron chi connectivity index (χ4n) is 1.35. The Hall–Kier alpha value is -2.25. The maximum absolute atomic E-state index is 11.0. The minimum atomic E-state index is -1.05. The van der Waals surface area contributed by atoms with E-state index in [4.69, 9.17) is 16.6 Å². The maximum atomic E-state index is 11.0. The number of ether oxygens (including phenoxy) is 1. The van der Waals surface area contributed by atoms with Crippen LogP contribution in [0, 0.1) is 0 Å². The molecule has 7 nitrogen and oxygen atoms in total. The summed E-state index contributed by atoms with van der Waals surface area (Å²) in [5.74, 6) is -1.42. The van der Waals surface area contributed by atoms with Crippen molar-refractivity contribution in [2.75, 3.05) is 7.11 Å². The first-order valence-corrected chi connectivity index (χ1v) is 7.20. The van der Waals surface area contributed by atoms with E-state index >= 15 is 0 Å². The van der Waals surface area contributed by atoms with Crippen molar-refractivity contribution in [2.45, 2.75) is 38.8 Å². The molecule has 0 saturated carbocycles. The lowest BCUT2D eigenvalue weighted by molar-refractivity contribution is -0.142. The van der Waals surface area contributed by atoms with E-state index in [0.29, 0.717) is 12.7 Å². The van der Waals surface area contributed by atoms with E-state index in [-0.39, 0.29) is 12.4 Å². The number of carboxylic acids is 1. The molecule has 0 heterocycles. The van der Waals surface area contributed by atoms with Gasteiger partial charge in [0.25, 0.3) is 0 Å². The van der Waals surface area contributed by atoms with Gasteiger partial charge in [0.1, 0.15) is 12.3 Å². The lowest BCUT2D eigenvalue weighted by Crippen LogP contribution is -2.33. The highest BCUT2D eigenvalue weighted by atomic mass is 16.5. The second-order valence-electron chi connectivity index (χ2n) is 4.22. The molecule has 1 aromatic carbocycles. The van der Waals surface area contributed by atoms with Crippen LogP contribution in [0.3, 0.4) is 0 Å². The number of rotatable bonds is 6. The van der Waals surface area contributed by atoms with Crippen LogP contribution in [-0.2, 0) is 25.5 Å². The zero-order valence-corrected chi connectivity index (χ0v) is 13.8. The third-order valence-corrected chi connectivity index (χ3v) is 2.39. The standard InChI is InChI=1S/C10H13NO2.C4H7NO3.C2H6/c1-13-10(12)9(11)7-8-5-3-2-4-6-8;5-3(2-6)1-4(7)8;1-2/h2-6,9H,7,11H2,1H3;2-3H,1,5H2,(H,7,8);1-2H3. The normalized spacial score (nSPS) is 11.5. The average molecular weight is 326 g/mol. The van der Waals surface area contributed by atoms with Crippen LogP contribution in [0.15, 0.2) is 30.3 Å². The van der Waals surface area contributed by atoms with E-state index in [1.54, 1.807) is 0 Å². The van der Waals surface area contributed by atoms with Crippen LogP contribution in [0.25, 0.3) is 0 Å². The Labute approximate surface area is 136 Å². The number of hydrogen-bond acceptors (Lipinski definition) is 6. The van der Waals surface area contributed by atoms with Crippen LogP contribution >= 0.6 is 0 Å². The van der Waals surface area contributed by atoms with E-state index < -0.39 is 18.1 Å². The minimum absolute atomic E-state index is 0.288. The van der Waals surface area contributed by atoms with Crippen LogP contribution in [-0.4, -0.2) is 42.5 Å². The minimum Gasteiger partial charge on any atom is -0.481 e. The van der Waals surface area contributed by atoms with Crippen molar-refractivity contribution in [1.82, 2.24) is 0 Å². The molecular weight excluding hydrogens is 300 g/mol. The smallest absolute Gasteiger partial charge is 0.322 e. The van der Waals surface area contributed by atoms with Gasteiger partial charge in [-0.15, -0.1) is 0 Å². The second kappa shape index (κ2) is 14.7. The van der Waals surface area contributed by atoms with E-state index in [1.165, 1.54) is 7.11 Å². The van der Waals surface area contributed by atoms with Crippen molar-refractivity contribution in [1.29, 1.82) is 0 Å². The highest BCUT2D eigenvalue weighted by molar-refractivity contribution is 5.75. The van der Waals surface area contributed by atoms with E-state index in [1.807, 2.05) is 44.2 Å². The number of nitrogens with two attached hydrogens (primary N) is 2. The summed E-state index contributed by atoms with van der Waals surface area (Å²) in [6, 6.07) is 8.21. The maximum Gasteiger partial charge on any atom is 0.322 e. The lowest BCUT2D eigenvalue weighted by atomic mass is 10.1. The molecule has 0 saturated heterocycles. The SMILES string of the molecule is CC.COC(=O)C(N)Cc1ccccc1.NC(C=O)CC(=O)O. The quantitative estimate of drug-likeness (QED) is 0.518. The molecule has 2 unspecified atom stereocenters. The van der Waals surface area contributed by atoms with Gasteiger partial charge < -0.3 is 26.1 Å². The largest absolute Gasteiger partial charge is 0.481 e. The highest BCUT2D eigenvalue weighted by Gasteiger charge is 2.13. The Kier molecular flexibility index (Phi) is 14.7. The molecule has 1 aromatic rings. The van der Waals surface area contributed by atoms with Gasteiger partial charge in [0, 0.05) is 0 Å². The molecule has 0 aliphatic heterocycles. The summed E-state index contributed by atoms with van der Waals surface area (Å²) in [5.41, 5.74) is 11.6. The first-order chi connectivity index (χ1) is 10.9. The number of hydrogen-bond donors (Lipinski definition) is 3. The molecule has 0 aliphatic rings. The topological polar surface area (TPSA) is 133 Å². The van der Waals surface area contributed by atoms with Gasteiger partial charge in [0.05, 0.1) is 19.6 Å². The summed E-state index contributed by atoms with van der Waals surface area (Å²) in [5, 5.41) is 7.98. The molecular formula is C16H26N2O5. The molecule has 23 heavy (non-hydrogen) atoms. The van der Waals surface area contributed by atoms with Gasteiger partial charge in [-0.2, -0.15) is 0 Å². The molecule has 2 atom stereocenters. The van der Waals surface area contributed by atoms with Crippen molar-refractivity contribution in [3.05, 3.63) is 35.9 Å². The van der Waals surface area contributed by atoms with Gasteiger partial charge in [0.15, 0.2) is 0 Å². The van der Waals surface area contributed by atoms with Crippen molar-refractivity contribution in [3.8, 4) is 0 Å². The number of esters is 1. The Balaban J connectivity index is 0. The van der Waals surface area contributed by atoms with Crippen LogP contribution in [0.2, 0.25) is 0 Å². The number of aliphatic carboxylic acids is 1. The van der Waals surface area contributed by atoms with Crippen LogP contribution in [0.5, 0.6) is 0 Å². The van der Waals surface area contributed by atoms with Crippen molar-refractivity contribution < 1.29 is 24.2 Å². The molecule has 130 valence electrons. The highest BCUT2D eigenvalue weighted by Crippen LogP contribution is 2.02. The van der Waals surface area contributed by atoms with Gasteiger partial charge in [-0.3, -0.25) is 9.59 Å². The molecule has 0 bridgehead atoms. The van der Waals surface area contributed by atoms with Crippen LogP contribution in [0.1, 0.15) is 25.8 Å². The van der Waals surface area contributed by atoms with E-state index in [0.717, 1.165) is 5.56 Å². The van der Waals surface area contributed by atoms with Gasteiger partial charge in [-0.25, -0.2) is 0 Å². The molecule has 0 radical (unpaired) electrons. The molecule has 5 N–H and O–H groups in total. The van der Waals surface area contributed by atoms with E-state index in [2.05, 4.69) is 4.74 Å². The Morgan fingerprint density at radius 3 is 2.09 bits per heavy atom. The van der Waals surface area contributed by atoms with Gasteiger partial charge >= 0.3 is 11.9 Å². The predicted molar refractivity (Wildman–Crippen MR) is 87.8 cm³/mol. The molecule has 0 amide bonds. The van der Waals surface area contributed by atoms with Crippen LogP contribution in [0.4, 0.5) is 0 Å². The zero-order chi connectivity index (χ0) is 18.3. The third kappa shape index (κ3) is 13.2. The molecule has 0 aromatic heterocycles. The number of carbonyl (C=O) groups excluding carboxylic acids is 2. The molecule has 0 fully saturated rings. The third-order valence-electron chi connectivity index (χ3n) is 2.39.